The molecule has 0 saturated carbocycles. The molecule has 1 saturated heterocycles. The zero-order valence-electron chi connectivity index (χ0n) is 19.6. The number of halogens is 3. The number of amides is 2. The molecule has 0 radical (unpaired) electrons. The van der Waals surface area contributed by atoms with Gasteiger partial charge in [0, 0.05) is 41.3 Å². The van der Waals surface area contributed by atoms with E-state index in [1.807, 2.05) is 24.3 Å². The molecule has 7 nitrogen and oxygen atoms in total. The first-order chi connectivity index (χ1) is 17.6. The quantitative estimate of drug-likeness (QED) is 0.351. The second kappa shape index (κ2) is 12.0. The minimum Gasteiger partial charge on any atom is -0.348 e. The Labute approximate surface area is 234 Å². The molecule has 0 aromatic heterocycles. The molecule has 4 rings (SSSR count). The van der Waals surface area contributed by atoms with Gasteiger partial charge in [0.05, 0.1) is 10.0 Å². The molecule has 1 aliphatic heterocycles. The zero-order chi connectivity index (χ0) is 26.6. The summed E-state index contributed by atoms with van der Waals surface area (Å²) in [5.74, 6) is -0.642. The van der Waals surface area contributed by atoms with E-state index < -0.39 is 10.0 Å². The normalized spacial score (nSPS) is 14.8. The maximum atomic E-state index is 13.0. The highest BCUT2D eigenvalue weighted by molar-refractivity contribution is 9.10. The van der Waals surface area contributed by atoms with Gasteiger partial charge in [-0.25, -0.2) is 8.42 Å². The van der Waals surface area contributed by atoms with Crippen molar-refractivity contribution in [2.24, 2.45) is 5.92 Å². The molecule has 0 aliphatic carbocycles. The molecule has 0 atom stereocenters. The fraction of sp³-hybridized carbons (Fsp3) is 0.231. The van der Waals surface area contributed by atoms with Crippen LogP contribution < -0.4 is 10.6 Å². The van der Waals surface area contributed by atoms with E-state index >= 15 is 0 Å². The average Bonchev–Trinajstić information content (AvgIpc) is 2.90. The summed E-state index contributed by atoms with van der Waals surface area (Å²) in [5, 5.41) is 5.95. The smallest absolute Gasteiger partial charge is 0.251 e. The minimum absolute atomic E-state index is 0.000332. The number of anilines is 1. The first-order valence-electron chi connectivity index (χ1n) is 11.5. The van der Waals surface area contributed by atoms with Crippen LogP contribution in [0.5, 0.6) is 0 Å². The second-order valence-electron chi connectivity index (χ2n) is 8.61. The molecule has 3 aromatic rings. The van der Waals surface area contributed by atoms with Crippen LogP contribution in [-0.2, 0) is 21.4 Å². The summed E-state index contributed by atoms with van der Waals surface area (Å²) in [4.78, 5) is 25.0. The number of carbonyl (C=O) groups is 2. The van der Waals surface area contributed by atoms with Gasteiger partial charge in [0.2, 0.25) is 15.9 Å². The molecule has 0 unspecified atom stereocenters. The van der Waals surface area contributed by atoms with Gasteiger partial charge in [-0.2, -0.15) is 4.31 Å². The van der Waals surface area contributed by atoms with E-state index in [0.717, 1.165) is 10.0 Å². The van der Waals surface area contributed by atoms with Crippen molar-refractivity contribution < 1.29 is 18.0 Å². The SMILES string of the molecule is O=C(NCc1ccc(NC(=O)C2CCN(S(=O)(=O)c3cccc(Cl)c3Cl)CC2)cc1)c1ccc(Br)cc1. The van der Waals surface area contributed by atoms with Crippen LogP contribution in [0, 0.1) is 5.92 Å². The maximum Gasteiger partial charge on any atom is 0.251 e. The van der Waals surface area contributed by atoms with E-state index in [-0.39, 0.29) is 45.8 Å². The van der Waals surface area contributed by atoms with E-state index in [4.69, 9.17) is 23.2 Å². The standard InChI is InChI=1S/C26H24BrCl2N3O4S/c27-20-8-6-18(7-9-20)25(33)30-16-17-4-10-21(11-5-17)31-26(34)19-12-14-32(15-13-19)37(35,36)23-3-1-2-22(28)24(23)29/h1-11,19H,12-16H2,(H,30,33)(H,31,34). The molecule has 2 N–H and O–H groups in total. The summed E-state index contributed by atoms with van der Waals surface area (Å²) in [6.07, 6.45) is 0.785. The zero-order valence-corrected chi connectivity index (χ0v) is 23.5. The number of benzene rings is 3. The number of carbonyl (C=O) groups excluding carboxylic acids is 2. The average molecular weight is 625 g/mol. The van der Waals surface area contributed by atoms with Crippen LogP contribution in [0.15, 0.2) is 76.1 Å². The third kappa shape index (κ3) is 6.72. The predicted molar refractivity (Wildman–Crippen MR) is 148 cm³/mol. The monoisotopic (exact) mass is 623 g/mol. The lowest BCUT2D eigenvalue weighted by Crippen LogP contribution is -2.41. The molecular formula is C26H24BrCl2N3O4S. The van der Waals surface area contributed by atoms with Gasteiger partial charge in [0.15, 0.2) is 0 Å². The number of hydrogen-bond acceptors (Lipinski definition) is 4. The van der Waals surface area contributed by atoms with E-state index in [0.29, 0.717) is 30.6 Å². The summed E-state index contributed by atoms with van der Waals surface area (Å²) < 4.78 is 28.2. The van der Waals surface area contributed by atoms with Crippen LogP contribution in [0.25, 0.3) is 0 Å². The van der Waals surface area contributed by atoms with E-state index in [1.54, 1.807) is 30.3 Å². The Morgan fingerprint density at radius 2 is 1.59 bits per heavy atom. The Bertz CT molecular complexity index is 1390. The summed E-state index contributed by atoms with van der Waals surface area (Å²) in [6.45, 7) is 0.771. The Kier molecular flexibility index (Phi) is 8.92. The van der Waals surface area contributed by atoms with Gasteiger partial charge >= 0.3 is 0 Å². The summed E-state index contributed by atoms with van der Waals surface area (Å²) in [6, 6.07) is 18.8. The number of nitrogens with one attached hydrogen (secondary N) is 2. The fourth-order valence-corrected chi connectivity index (χ4v) is 6.49. The molecule has 1 fully saturated rings. The van der Waals surface area contributed by atoms with Crippen molar-refractivity contribution in [3.63, 3.8) is 0 Å². The number of piperidine rings is 1. The maximum absolute atomic E-state index is 13.0. The lowest BCUT2D eigenvalue weighted by Gasteiger charge is -2.30. The molecule has 1 aliphatic rings. The van der Waals surface area contributed by atoms with Gasteiger partial charge in [-0.3, -0.25) is 9.59 Å². The van der Waals surface area contributed by atoms with Crippen LogP contribution in [-0.4, -0.2) is 37.6 Å². The van der Waals surface area contributed by atoms with Crippen molar-refractivity contribution in [2.45, 2.75) is 24.3 Å². The van der Waals surface area contributed by atoms with Gasteiger partial charge in [-0.1, -0.05) is 57.3 Å². The van der Waals surface area contributed by atoms with E-state index in [1.165, 1.54) is 16.4 Å². The van der Waals surface area contributed by atoms with Crippen LogP contribution in [0.2, 0.25) is 10.0 Å². The fourth-order valence-electron chi connectivity index (χ4n) is 4.02. The van der Waals surface area contributed by atoms with Crippen LogP contribution in [0.1, 0.15) is 28.8 Å². The molecule has 37 heavy (non-hydrogen) atoms. The van der Waals surface area contributed by atoms with Gasteiger partial charge in [0.1, 0.15) is 4.90 Å². The summed E-state index contributed by atoms with van der Waals surface area (Å²) in [5.41, 5.74) is 2.09. The minimum atomic E-state index is -3.81. The number of rotatable bonds is 7. The molecule has 1 heterocycles. The molecule has 3 aromatic carbocycles. The lowest BCUT2D eigenvalue weighted by atomic mass is 9.97. The highest BCUT2D eigenvalue weighted by Gasteiger charge is 2.33. The summed E-state index contributed by atoms with van der Waals surface area (Å²) >= 11 is 15.5. The van der Waals surface area contributed by atoms with Crippen molar-refractivity contribution in [2.75, 3.05) is 18.4 Å². The third-order valence-corrected chi connectivity index (χ3v) is 9.54. The first kappa shape index (κ1) is 27.6. The lowest BCUT2D eigenvalue weighted by molar-refractivity contribution is -0.120. The van der Waals surface area contributed by atoms with Crippen LogP contribution in [0.3, 0.4) is 0 Å². The predicted octanol–water partition coefficient (Wildman–Crippen LogP) is 5.73. The van der Waals surface area contributed by atoms with Gasteiger partial charge in [-0.15, -0.1) is 0 Å². The van der Waals surface area contributed by atoms with Crippen LogP contribution in [0.4, 0.5) is 5.69 Å². The molecule has 194 valence electrons. The molecule has 2 amide bonds. The number of hydrogen-bond donors (Lipinski definition) is 2. The van der Waals surface area contributed by atoms with Crippen molar-refractivity contribution in [1.82, 2.24) is 9.62 Å². The number of sulfonamides is 1. The Hall–Kier alpha value is -2.43. The van der Waals surface area contributed by atoms with Gasteiger partial charge in [-0.05, 0) is 66.9 Å². The molecule has 11 heteroatoms. The van der Waals surface area contributed by atoms with Crippen molar-refractivity contribution in [1.29, 1.82) is 0 Å². The van der Waals surface area contributed by atoms with Gasteiger partial charge in [0.25, 0.3) is 5.91 Å². The van der Waals surface area contributed by atoms with E-state index in [2.05, 4.69) is 26.6 Å². The largest absolute Gasteiger partial charge is 0.348 e. The van der Waals surface area contributed by atoms with Gasteiger partial charge < -0.3 is 10.6 Å². The molecule has 0 bridgehead atoms. The second-order valence-corrected chi connectivity index (χ2v) is 12.2. The summed E-state index contributed by atoms with van der Waals surface area (Å²) in [7, 11) is -3.81. The van der Waals surface area contributed by atoms with Crippen molar-refractivity contribution in [3.8, 4) is 0 Å². The third-order valence-electron chi connectivity index (χ3n) is 6.14. The van der Waals surface area contributed by atoms with E-state index in [9.17, 15) is 18.0 Å². The molecule has 0 spiro atoms. The van der Waals surface area contributed by atoms with Crippen LogP contribution >= 0.6 is 39.1 Å². The van der Waals surface area contributed by atoms with Crippen molar-refractivity contribution >= 4 is 66.7 Å². The Morgan fingerprint density at radius 1 is 0.946 bits per heavy atom. The first-order valence-corrected chi connectivity index (χ1v) is 14.5. The Balaban J connectivity index is 1.28. The highest BCUT2D eigenvalue weighted by Crippen LogP contribution is 2.32. The topological polar surface area (TPSA) is 95.6 Å². The number of nitrogens with zero attached hydrogens (tertiary/aromatic N) is 1. The molecular weight excluding hydrogens is 601 g/mol. The Morgan fingerprint density at radius 3 is 2.24 bits per heavy atom. The highest BCUT2D eigenvalue weighted by atomic mass is 79.9. The van der Waals surface area contributed by atoms with Crippen molar-refractivity contribution in [3.05, 3.63) is 92.4 Å².